The Kier molecular flexibility index (Phi) is 4.06. The van der Waals surface area contributed by atoms with Gasteiger partial charge >= 0.3 is 0 Å². The van der Waals surface area contributed by atoms with Crippen molar-refractivity contribution in [2.75, 3.05) is 0 Å². The number of rotatable bonds is 3. The highest BCUT2D eigenvalue weighted by atomic mass is 16.1. The zero-order valence-electron chi connectivity index (χ0n) is 10.3. The van der Waals surface area contributed by atoms with E-state index in [1.165, 1.54) is 0 Å². The second kappa shape index (κ2) is 5.31. The summed E-state index contributed by atoms with van der Waals surface area (Å²) in [6, 6.07) is 11.6. The van der Waals surface area contributed by atoms with Crippen LogP contribution in [0.1, 0.15) is 26.3 Å². The minimum Gasteiger partial charge on any atom is -0.334 e. The molecule has 0 aromatic heterocycles. The number of benzene rings is 1. The average Bonchev–Trinajstić information content (AvgIpc) is 2.30. The Hall–Kier alpha value is -2.08. The van der Waals surface area contributed by atoms with E-state index in [0.717, 1.165) is 5.56 Å². The number of nitriles is 1. The fraction of sp³-hybridized carbons (Fsp3) is 0.286. The summed E-state index contributed by atoms with van der Waals surface area (Å²) in [5.41, 5.74) is 0.706. The zero-order valence-corrected chi connectivity index (χ0v) is 10.3. The van der Waals surface area contributed by atoms with E-state index in [9.17, 15) is 4.79 Å². The van der Waals surface area contributed by atoms with Crippen LogP contribution in [0.25, 0.3) is 6.08 Å². The summed E-state index contributed by atoms with van der Waals surface area (Å²) >= 11 is 0. The lowest BCUT2D eigenvalue weighted by molar-refractivity contribution is -0.118. The standard InChI is InChI=1S/C14H16N2O/c1-11(9-12-7-5-4-6-8-12)13(17)16-14(2,3)10-15/h4-9H,1-3H3,(H,16,17)/b11-9+. The smallest absolute Gasteiger partial charge is 0.248 e. The third-order valence-corrected chi connectivity index (χ3v) is 2.25. The van der Waals surface area contributed by atoms with Crippen LogP contribution >= 0.6 is 0 Å². The van der Waals surface area contributed by atoms with Gasteiger partial charge in [-0.15, -0.1) is 0 Å². The van der Waals surface area contributed by atoms with Gasteiger partial charge in [-0.25, -0.2) is 0 Å². The predicted molar refractivity (Wildman–Crippen MR) is 67.9 cm³/mol. The molecule has 3 nitrogen and oxygen atoms in total. The van der Waals surface area contributed by atoms with Crippen LogP contribution in [0.4, 0.5) is 0 Å². The quantitative estimate of drug-likeness (QED) is 0.808. The molecule has 0 saturated heterocycles. The van der Waals surface area contributed by atoms with Crippen LogP contribution in [0.2, 0.25) is 0 Å². The van der Waals surface area contributed by atoms with Gasteiger partial charge in [-0.3, -0.25) is 4.79 Å². The van der Waals surface area contributed by atoms with Crippen molar-refractivity contribution in [3.63, 3.8) is 0 Å². The maximum absolute atomic E-state index is 11.8. The molecule has 1 amide bonds. The number of amides is 1. The van der Waals surface area contributed by atoms with Crippen molar-refractivity contribution >= 4 is 12.0 Å². The molecular weight excluding hydrogens is 212 g/mol. The molecule has 17 heavy (non-hydrogen) atoms. The molecule has 0 radical (unpaired) electrons. The number of hydrogen-bond acceptors (Lipinski definition) is 2. The van der Waals surface area contributed by atoms with Gasteiger partial charge in [0.25, 0.3) is 0 Å². The summed E-state index contributed by atoms with van der Waals surface area (Å²) in [5.74, 6) is -0.222. The largest absolute Gasteiger partial charge is 0.334 e. The Morgan fingerprint density at radius 2 is 1.94 bits per heavy atom. The maximum atomic E-state index is 11.8. The second-order valence-electron chi connectivity index (χ2n) is 4.43. The lowest BCUT2D eigenvalue weighted by Crippen LogP contribution is -2.42. The Balaban J connectivity index is 2.78. The first-order chi connectivity index (χ1) is 7.94. The van der Waals surface area contributed by atoms with Crippen LogP contribution in [0.15, 0.2) is 35.9 Å². The minimum absolute atomic E-state index is 0.222. The van der Waals surface area contributed by atoms with Gasteiger partial charge in [-0.2, -0.15) is 5.26 Å². The fourth-order valence-electron chi connectivity index (χ4n) is 1.28. The number of nitrogens with zero attached hydrogens (tertiary/aromatic N) is 1. The van der Waals surface area contributed by atoms with Gasteiger partial charge in [-0.05, 0) is 32.4 Å². The lowest BCUT2D eigenvalue weighted by Gasteiger charge is -2.17. The number of carbonyl (C=O) groups is 1. The molecule has 3 heteroatoms. The van der Waals surface area contributed by atoms with Gasteiger partial charge in [0.15, 0.2) is 0 Å². The van der Waals surface area contributed by atoms with Gasteiger partial charge in [0, 0.05) is 5.57 Å². The number of carbonyl (C=O) groups excluding carboxylic acids is 1. The van der Waals surface area contributed by atoms with E-state index >= 15 is 0 Å². The van der Waals surface area contributed by atoms with Crippen LogP contribution in [0.5, 0.6) is 0 Å². The van der Waals surface area contributed by atoms with Crippen LogP contribution in [0.3, 0.4) is 0 Å². The topological polar surface area (TPSA) is 52.9 Å². The van der Waals surface area contributed by atoms with Crippen LogP contribution in [0, 0.1) is 11.3 Å². The number of nitrogens with one attached hydrogen (secondary N) is 1. The third-order valence-electron chi connectivity index (χ3n) is 2.25. The third kappa shape index (κ3) is 4.12. The molecule has 88 valence electrons. The normalized spacial score (nSPS) is 11.8. The van der Waals surface area contributed by atoms with Gasteiger partial charge in [0.2, 0.25) is 5.91 Å². The van der Waals surface area contributed by atoms with Crippen molar-refractivity contribution in [3.05, 3.63) is 41.5 Å². The monoisotopic (exact) mass is 228 g/mol. The zero-order chi connectivity index (χ0) is 12.9. The van der Waals surface area contributed by atoms with E-state index in [-0.39, 0.29) is 5.91 Å². The van der Waals surface area contributed by atoms with Crippen molar-refractivity contribution in [1.82, 2.24) is 5.32 Å². The molecular formula is C14H16N2O. The van der Waals surface area contributed by atoms with Crippen molar-refractivity contribution in [1.29, 1.82) is 5.26 Å². The summed E-state index contributed by atoms with van der Waals surface area (Å²) in [4.78, 5) is 11.8. The first-order valence-corrected chi connectivity index (χ1v) is 5.42. The van der Waals surface area contributed by atoms with E-state index in [2.05, 4.69) is 5.32 Å². The molecule has 0 aliphatic heterocycles. The molecule has 0 bridgehead atoms. The van der Waals surface area contributed by atoms with Crippen LogP contribution in [-0.4, -0.2) is 11.4 Å². The van der Waals surface area contributed by atoms with Gasteiger partial charge in [-0.1, -0.05) is 30.3 Å². The molecule has 0 heterocycles. The van der Waals surface area contributed by atoms with Crippen molar-refractivity contribution in [3.8, 4) is 6.07 Å². The van der Waals surface area contributed by atoms with Gasteiger partial charge in [0.1, 0.15) is 5.54 Å². The van der Waals surface area contributed by atoms with Gasteiger partial charge in [0.05, 0.1) is 6.07 Å². The molecule has 0 atom stereocenters. The molecule has 0 fully saturated rings. The molecule has 1 aromatic rings. The molecule has 0 unspecified atom stereocenters. The second-order valence-corrected chi connectivity index (χ2v) is 4.43. The fourth-order valence-corrected chi connectivity index (χ4v) is 1.28. The molecule has 1 N–H and O–H groups in total. The Bertz CT molecular complexity index is 467. The molecule has 1 aromatic carbocycles. The van der Waals surface area contributed by atoms with E-state index in [0.29, 0.717) is 5.57 Å². The summed E-state index contributed by atoms with van der Waals surface area (Å²) < 4.78 is 0. The van der Waals surface area contributed by atoms with Gasteiger partial charge < -0.3 is 5.32 Å². The van der Waals surface area contributed by atoms with Crippen LogP contribution < -0.4 is 5.32 Å². The summed E-state index contributed by atoms with van der Waals surface area (Å²) in [5, 5.41) is 11.5. The molecule has 0 aliphatic rings. The summed E-state index contributed by atoms with van der Waals surface area (Å²) in [7, 11) is 0. The van der Waals surface area contributed by atoms with Crippen molar-refractivity contribution in [2.45, 2.75) is 26.3 Å². The summed E-state index contributed by atoms with van der Waals surface area (Å²) in [6.07, 6.45) is 1.79. The highest BCUT2D eigenvalue weighted by Gasteiger charge is 2.19. The van der Waals surface area contributed by atoms with E-state index < -0.39 is 5.54 Å². The minimum atomic E-state index is -0.844. The molecule has 0 spiro atoms. The van der Waals surface area contributed by atoms with E-state index in [1.54, 1.807) is 26.8 Å². The van der Waals surface area contributed by atoms with Crippen molar-refractivity contribution in [2.24, 2.45) is 0 Å². The average molecular weight is 228 g/mol. The SMILES string of the molecule is C/C(=C\c1ccccc1)C(=O)NC(C)(C)C#N. The van der Waals surface area contributed by atoms with E-state index in [1.807, 2.05) is 36.4 Å². The first-order valence-electron chi connectivity index (χ1n) is 5.42. The Labute approximate surface area is 102 Å². The first kappa shape index (κ1) is 13.0. The highest BCUT2D eigenvalue weighted by molar-refractivity contribution is 5.97. The van der Waals surface area contributed by atoms with E-state index in [4.69, 9.17) is 5.26 Å². The Morgan fingerprint density at radius 3 is 2.47 bits per heavy atom. The summed E-state index contributed by atoms with van der Waals surface area (Å²) in [6.45, 7) is 5.07. The highest BCUT2D eigenvalue weighted by Crippen LogP contribution is 2.08. The maximum Gasteiger partial charge on any atom is 0.248 e. The predicted octanol–water partition coefficient (Wildman–Crippen LogP) is 2.51. The lowest BCUT2D eigenvalue weighted by atomic mass is 10.1. The van der Waals surface area contributed by atoms with Crippen molar-refractivity contribution < 1.29 is 4.79 Å². The number of hydrogen-bond donors (Lipinski definition) is 1. The Morgan fingerprint density at radius 1 is 1.35 bits per heavy atom. The molecule has 0 aliphatic carbocycles. The molecule has 0 saturated carbocycles. The van der Waals surface area contributed by atoms with Crippen LogP contribution in [-0.2, 0) is 4.79 Å². The molecule has 1 rings (SSSR count).